The molecule has 1 aliphatic rings. The molecule has 1 atom stereocenters. The van der Waals surface area contributed by atoms with Crippen molar-refractivity contribution in [2.75, 3.05) is 18.5 Å². The summed E-state index contributed by atoms with van der Waals surface area (Å²) in [5.74, 6) is 0.524. The molecule has 0 radical (unpaired) electrons. The molecule has 1 amide bonds. The molecule has 1 unspecified atom stereocenters. The third-order valence-corrected chi connectivity index (χ3v) is 3.96. The van der Waals surface area contributed by atoms with Crippen molar-refractivity contribution in [3.05, 3.63) is 59.7 Å². The molecule has 1 heterocycles. The second kappa shape index (κ2) is 7.04. The zero-order chi connectivity index (χ0) is 17.9. The average molecular weight is 350 g/mol. The summed E-state index contributed by atoms with van der Waals surface area (Å²) in [4.78, 5) is 12.1. The lowest BCUT2D eigenvalue weighted by molar-refractivity contribution is -0.137. The van der Waals surface area contributed by atoms with E-state index in [-0.39, 0.29) is 18.5 Å². The van der Waals surface area contributed by atoms with Gasteiger partial charge in [0.05, 0.1) is 24.8 Å². The van der Waals surface area contributed by atoms with Crippen molar-refractivity contribution in [1.82, 2.24) is 5.32 Å². The highest BCUT2D eigenvalue weighted by Gasteiger charge is 2.30. The van der Waals surface area contributed by atoms with Gasteiger partial charge in [-0.1, -0.05) is 18.2 Å². The fourth-order valence-electron chi connectivity index (χ4n) is 2.70. The monoisotopic (exact) mass is 350 g/mol. The maximum Gasteiger partial charge on any atom is 0.416 e. The number of hydrogen-bond donors (Lipinski definition) is 2. The highest BCUT2D eigenvalue weighted by molar-refractivity contribution is 5.81. The van der Waals surface area contributed by atoms with E-state index in [0.717, 1.165) is 23.4 Å². The number of rotatable bonds is 4. The zero-order valence-corrected chi connectivity index (χ0v) is 13.3. The van der Waals surface area contributed by atoms with Crippen molar-refractivity contribution in [3.63, 3.8) is 0 Å². The normalized spacial score (nSPS) is 16.5. The van der Waals surface area contributed by atoms with Crippen LogP contribution < -0.4 is 15.4 Å². The van der Waals surface area contributed by atoms with Gasteiger partial charge in [-0.05, 0) is 30.3 Å². The molecular formula is C18H17F3N2O2. The van der Waals surface area contributed by atoms with E-state index in [1.165, 1.54) is 12.1 Å². The molecule has 0 fully saturated rings. The molecular weight excluding hydrogens is 333 g/mol. The number of carbonyl (C=O) groups is 1. The van der Waals surface area contributed by atoms with Gasteiger partial charge >= 0.3 is 6.18 Å². The molecule has 7 heteroatoms. The van der Waals surface area contributed by atoms with Crippen molar-refractivity contribution in [1.29, 1.82) is 0 Å². The number of anilines is 1. The van der Waals surface area contributed by atoms with Gasteiger partial charge in [-0.2, -0.15) is 13.2 Å². The molecule has 2 aromatic rings. The Labute approximate surface area is 143 Å². The Balaban J connectivity index is 1.55. The molecule has 0 spiro atoms. The summed E-state index contributed by atoms with van der Waals surface area (Å²) in [6.45, 7) is 0.499. The van der Waals surface area contributed by atoms with Crippen LogP contribution in [0.15, 0.2) is 48.5 Å². The first-order valence-electron chi connectivity index (χ1n) is 7.86. The van der Waals surface area contributed by atoms with Crippen LogP contribution in [0.3, 0.4) is 0 Å². The smallest absolute Gasteiger partial charge is 0.416 e. The number of ether oxygens (including phenoxy) is 1. The first kappa shape index (κ1) is 17.1. The minimum absolute atomic E-state index is 0.0229. The van der Waals surface area contributed by atoms with E-state index in [9.17, 15) is 18.0 Å². The van der Waals surface area contributed by atoms with Crippen molar-refractivity contribution >= 4 is 11.6 Å². The highest BCUT2D eigenvalue weighted by Crippen LogP contribution is 2.31. The van der Waals surface area contributed by atoms with Gasteiger partial charge in [0.1, 0.15) is 5.75 Å². The van der Waals surface area contributed by atoms with Crippen molar-refractivity contribution in [3.8, 4) is 5.75 Å². The molecule has 0 aromatic heterocycles. The predicted octanol–water partition coefficient (Wildman–Crippen LogP) is 3.76. The Hall–Kier alpha value is -2.70. The standard InChI is InChI=1S/C18H17F3N2O2/c19-18(20,21)12-5-7-13(8-6-12)22-11-17(24)23-15-9-10-25-16-4-2-1-3-14(15)16/h1-8,15,22H,9-11H2,(H,23,24). The molecule has 0 saturated heterocycles. The molecule has 1 aliphatic heterocycles. The second-order valence-corrected chi connectivity index (χ2v) is 5.72. The Morgan fingerprint density at radius 3 is 2.56 bits per heavy atom. The van der Waals surface area contributed by atoms with E-state index in [4.69, 9.17) is 4.74 Å². The van der Waals surface area contributed by atoms with Gasteiger partial charge < -0.3 is 15.4 Å². The number of fused-ring (bicyclic) bond motifs is 1. The number of nitrogens with one attached hydrogen (secondary N) is 2. The SMILES string of the molecule is O=C(CNc1ccc(C(F)(F)F)cc1)NC1CCOc2ccccc21. The highest BCUT2D eigenvalue weighted by atomic mass is 19.4. The van der Waals surface area contributed by atoms with Gasteiger partial charge in [-0.3, -0.25) is 4.79 Å². The molecule has 3 rings (SSSR count). The number of hydrogen-bond acceptors (Lipinski definition) is 3. The minimum atomic E-state index is -4.37. The molecule has 132 valence electrons. The van der Waals surface area contributed by atoms with E-state index >= 15 is 0 Å². The largest absolute Gasteiger partial charge is 0.493 e. The van der Waals surface area contributed by atoms with Crippen LogP contribution in [0, 0.1) is 0 Å². The lowest BCUT2D eigenvalue weighted by Gasteiger charge is -2.26. The summed E-state index contributed by atoms with van der Waals surface area (Å²) in [6, 6.07) is 12.0. The van der Waals surface area contributed by atoms with E-state index in [0.29, 0.717) is 18.7 Å². The fourth-order valence-corrected chi connectivity index (χ4v) is 2.70. The van der Waals surface area contributed by atoms with Crippen molar-refractivity contribution in [2.24, 2.45) is 0 Å². The lowest BCUT2D eigenvalue weighted by Crippen LogP contribution is -2.35. The van der Waals surface area contributed by atoms with E-state index in [1.807, 2.05) is 24.3 Å². The number of carbonyl (C=O) groups excluding carboxylic acids is 1. The van der Waals surface area contributed by atoms with Crippen LogP contribution in [0.2, 0.25) is 0 Å². The summed E-state index contributed by atoms with van der Waals surface area (Å²) in [5, 5.41) is 5.75. The van der Waals surface area contributed by atoms with Crippen LogP contribution in [0.25, 0.3) is 0 Å². The lowest BCUT2D eigenvalue weighted by atomic mass is 10.0. The molecule has 0 saturated carbocycles. The summed E-state index contributed by atoms with van der Waals surface area (Å²) < 4.78 is 43.1. The third kappa shape index (κ3) is 4.23. The van der Waals surface area contributed by atoms with Crippen molar-refractivity contribution < 1.29 is 22.7 Å². The molecule has 0 aliphatic carbocycles. The first-order chi connectivity index (χ1) is 11.9. The maximum atomic E-state index is 12.5. The predicted molar refractivity (Wildman–Crippen MR) is 87.4 cm³/mol. The molecule has 4 nitrogen and oxygen atoms in total. The minimum Gasteiger partial charge on any atom is -0.493 e. The number of para-hydroxylation sites is 1. The van der Waals surface area contributed by atoms with E-state index in [1.54, 1.807) is 0 Å². The zero-order valence-electron chi connectivity index (χ0n) is 13.3. The summed E-state index contributed by atoms with van der Waals surface area (Å²) in [5.41, 5.74) is 0.661. The molecule has 2 aromatic carbocycles. The Morgan fingerprint density at radius 1 is 1.12 bits per heavy atom. The quantitative estimate of drug-likeness (QED) is 0.883. The molecule has 2 N–H and O–H groups in total. The van der Waals surface area contributed by atoms with Crippen LogP contribution in [0.5, 0.6) is 5.75 Å². The van der Waals surface area contributed by atoms with Crippen LogP contribution in [-0.4, -0.2) is 19.1 Å². The van der Waals surface area contributed by atoms with Crippen LogP contribution >= 0.6 is 0 Å². The van der Waals surface area contributed by atoms with Crippen LogP contribution in [-0.2, 0) is 11.0 Å². The third-order valence-electron chi connectivity index (χ3n) is 3.96. The van der Waals surface area contributed by atoms with Crippen LogP contribution in [0.4, 0.5) is 18.9 Å². The molecule has 25 heavy (non-hydrogen) atoms. The Bertz CT molecular complexity index is 745. The summed E-state index contributed by atoms with van der Waals surface area (Å²) in [7, 11) is 0. The Morgan fingerprint density at radius 2 is 1.84 bits per heavy atom. The van der Waals surface area contributed by atoms with Gasteiger partial charge in [0.2, 0.25) is 5.91 Å². The number of alkyl halides is 3. The number of halogens is 3. The van der Waals surface area contributed by atoms with Crippen LogP contribution in [0.1, 0.15) is 23.6 Å². The van der Waals surface area contributed by atoms with Gasteiger partial charge in [0, 0.05) is 17.7 Å². The summed E-state index contributed by atoms with van der Waals surface area (Å²) >= 11 is 0. The number of amides is 1. The first-order valence-corrected chi connectivity index (χ1v) is 7.86. The molecule has 0 bridgehead atoms. The fraction of sp³-hybridized carbons (Fsp3) is 0.278. The average Bonchev–Trinajstić information content (AvgIpc) is 2.60. The van der Waals surface area contributed by atoms with Crippen molar-refractivity contribution in [2.45, 2.75) is 18.6 Å². The summed E-state index contributed by atoms with van der Waals surface area (Å²) in [6.07, 6.45) is -3.70. The Kier molecular flexibility index (Phi) is 4.83. The van der Waals surface area contributed by atoms with Gasteiger partial charge in [-0.15, -0.1) is 0 Å². The van der Waals surface area contributed by atoms with E-state index in [2.05, 4.69) is 10.6 Å². The number of benzene rings is 2. The van der Waals surface area contributed by atoms with Gasteiger partial charge in [0.15, 0.2) is 0 Å². The van der Waals surface area contributed by atoms with E-state index < -0.39 is 11.7 Å². The van der Waals surface area contributed by atoms with Gasteiger partial charge in [0.25, 0.3) is 0 Å². The maximum absolute atomic E-state index is 12.5. The van der Waals surface area contributed by atoms with Gasteiger partial charge in [-0.25, -0.2) is 0 Å². The topological polar surface area (TPSA) is 50.4 Å². The second-order valence-electron chi connectivity index (χ2n) is 5.72.